The molecule has 1 heterocycles. The quantitative estimate of drug-likeness (QED) is 0.654. The van der Waals surface area contributed by atoms with Crippen LogP contribution in [0.4, 0.5) is 5.69 Å². The molecule has 1 amide bonds. The van der Waals surface area contributed by atoms with Gasteiger partial charge in [-0.25, -0.2) is 0 Å². The first-order chi connectivity index (χ1) is 13.3. The predicted molar refractivity (Wildman–Crippen MR) is 115 cm³/mol. The van der Waals surface area contributed by atoms with Gasteiger partial charge < -0.3 is 4.74 Å². The molecule has 0 fully saturated rings. The number of benzene rings is 2. The van der Waals surface area contributed by atoms with Crippen LogP contribution in [0.15, 0.2) is 53.5 Å². The molecule has 0 N–H and O–H groups in total. The zero-order valence-electron chi connectivity index (χ0n) is 15.9. The number of amidine groups is 1. The van der Waals surface area contributed by atoms with E-state index in [0.29, 0.717) is 27.2 Å². The molecular formula is C21H21ClN2O3S. The number of ketones is 1. The first-order valence-electron chi connectivity index (χ1n) is 8.93. The molecule has 0 radical (unpaired) electrons. The van der Waals surface area contributed by atoms with Crippen LogP contribution in [-0.4, -0.2) is 34.8 Å². The summed E-state index contributed by atoms with van der Waals surface area (Å²) in [5, 5.41) is 1.25. The number of carbonyl (C=O) groups is 2. The van der Waals surface area contributed by atoms with E-state index in [1.54, 1.807) is 72.1 Å². The first-order valence-corrected chi connectivity index (χ1v) is 10.3. The van der Waals surface area contributed by atoms with Gasteiger partial charge in [0.2, 0.25) is 0 Å². The van der Waals surface area contributed by atoms with Crippen LogP contribution >= 0.6 is 23.4 Å². The molecule has 0 aromatic heterocycles. The number of hydrogen-bond acceptors (Lipinski definition) is 5. The Bertz CT molecular complexity index is 897. The number of thioether (sulfide) groups is 1. The summed E-state index contributed by atoms with van der Waals surface area (Å²) in [6.07, 6.45) is -0.738. The Labute approximate surface area is 173 Å². The zero-order chi connectivity index (χ0) is 20.3. The summed E-state index contributed by atoms with van der Waals surface area (Å²) in [5.74, 6) is 1.11. The largest absolute Gasteiger partial charge is 0.481 e. The molecule has 28 heavy (non-hydrogen) atoms. The zero-order valence-corrected chi connectivity index (χ0v) is 17.5. The molecule has 2 atom stereocenters. The van der Waals surface area contributed by atoms with Crippen LogP contribution in [0.1, 0.15) is 31.1 Å². The maximum absolute atomic E-state index is 13.2. The highest BCUT2D eigenvalue weighted by molar-refractivity contribution is 8.14. The summed E-state index contributed by atoms with van der Waals surface area (Å²) < 4.78 is 5.83. The summed E-state index contributed by atoms with van der Waals surface area (Å²) in [6, 6.07) is 14.0. The lowest BCUT2D eigenvalue weighted by Gasteiger charge is -2.25. The van der Waals surface area contributed by atoms with Crippen molar-refractivity contribution in [3.05, 3.63) is 59.1 Å². The molecule has 5 nitrogen and oxygen atoms in total. The maximum Gasteiger partial charge on any atom is 0.273 e. The smallest absolute Gasteiger partial charge is 0.273 e. The number of nitrogens with zero attached hydrogens (tertiary/aromatic N) is 2. The summed E-state index contributed by atoms with van der Waals surface area (Å²) in [7, 11) is 0. The van der Waals surface area contributed by atoms with E-state index in [-0.39, 0.29) is 17.7 Å². The number of carbonyl (C=O) groups excluding carboxylic acids is 2. The van der Waals surface area contributed by atoms with Crippen molar-refractivity contribution in [3.8, 4) is 5.75 Å². The molecule has 146 valence electrons. The van der Waals surface area contributed by atoms with Gasteiger partial charge in [-0.1, -0.05) is 23.4 Å². The van der Waals surface area contributed by atoms with E-state index < -0.39 is 6.10 Å². The lowest BCUT2D eigenvalue weighted by molar-refractivity contribution is -0.123. The second-order valence-electron chi connectivity index (χ2n) is 6.56. The topological polar surface area (TPSA) is 59.0 Å². The lowest BCUT2D eigenvalue weighted by atomic mass is 10.1. The SMILES string of the molecule is CC(=O)c1ccc(OC(C)C(=O)N(C2=NC(C)CS2)c2ccc(Cl)cc2)cc1. The Hall–Kier alpha value is -2.31. The molecule has 1 aliphatic rings. The molecular weight excluding hydrogens is 396 g/mol. The number of halogens is 1. The Kier molecular flexibility index (Phi) is 6.42. The van der Waals surface area contributed by atoms with E-state index in [1.165, 1.54) is 6.92 Å². The van der Waals surface area contributed by atoms with Crippen LogP contribution in [0, 0.1) is 0 Å². The Morgan fingerprint density at radius 2 is 1.82 bits per heavy atom. The fourth-order valence-corrected chi connectivity index (χ4v) is 3.88. The van der Waals surface area contributed by atoms with E-state index >= 15 is 0 Å². The molecule has 0 aliphatic carbocycles. The minimum Gasteiger partial charge on any atom is -0.481 e. The fraction of sp³-hybridized carbons (Fsp3) is 0.286. The van der Waals surface area contributed by atoms with Gasteiger partial charge in [0.1, 0.15) is 5.75 Å². The van der Waals surface area contributed by atoms with Crippen LogP contribution < -0.4 is 9.64 Å². The number of rotatable bonds is 5. The average Bonchev–Trinajstić information content (AvgIpc) is 3.09. The van der Waals surface area contributed by atoms with Gasteiger partial charge in [0, 0.05) is 16.3 Å². The Balaban J connectivity index is 1.82. The van der Waals surface area contributed by atoms with Gasteiger partial charge in [-0.2, -0.15) is 0 Å². The van der Waals surface area contributed by atoms with Gasteiger partial charge in [0.15, 0.2) is 17.1 Å². The molecule has 0 saturated carbocycles. The maximum atomic E-state index is 13.2. The van der Waals surface area contributed by atoms with Crippen LogP contribution in [0.2, 0.25) is 5.02 Å². The number of ether oxygens (including phenoxy) is 1. The highest BCUT2D eigenvalue weighted by Crippen LogP contribution is 2.28. The molecule has 3 rings (SSSR count). The fourth-order valence-electron chi connectivity index (χ4n) is 2.71. The minimum absolute atomic E-state index is 0.0185. The van der Waals surface area contributed by atoms with Crippen molar-refractivity contribution >= 4 is 45.9 Å². The molecule has 0 bridgehead atoms. The number of anilines is 1. The average molecular weight is 417 g/mol. The second kappa shape index (κ2) is 8.80. The van der Waals surface area contributed by atoms with Crippen LogP contribution in [0.3, 0.4) is 0 Å². The number of aliphatic imine (C=N–C) groups is 1. The molecule has 0 spiro atoms. The van der Waals surface area contributed by atoms with Crippen LogP contribution in [0.25, 0.3) is 0 Å². The standard InChI is InChI=1S/C21H21ClN2O3S/c1-13-12-28-21(23-13)24(18-8-6-17(22)7-9-18)20(26)15(3)27-19-10-4-16(5-11-19)14(2)25/h4-11,13,15H,12H2,1-3H3. The lowest BCUT2D eigenvalue weighted by Crippen LogP contribution is -2.43. The van der Waals surface area contributed by atoms with Gasteiger partial charge in [-0.15, -0.1) is 0 Å². The molecule has 2 unspecified atom stereocenters. The summed E-state index contributed by atoms with van der Waals surface area (Å²) in [6.45, 7) is 5.22. The second-order valence-corrected chi connectivity index (χ2v) is 7.99. The summed E-state index contributed by atoms with van der Waals surface area (Å²) in [4.78, 5) is 30.8. The van der Waals surface area contributed by atoms with Gasteiger partial charge in [0.05, 0.1) is 11.7 Å². The van der Waals surface area contributed by atoms with Crippen molar-refractivity contribution in [1.82, 2.24) is 0 Å². The van der Waals surface area contributed by atoms with Crippen molar-refractivity contribution in [3.63, 3.8) is 0 Å². The normalized spacial score (nSPS) is 17.0. The van der Waals surface area contributed by atoms with Gasteiger partial charge in [-0.05, 0) is 69.3 Å². The number of hydrogen-bond donors (Lipinski definition) is 0. The van der Waals surface area contributed by atoms with Crippen molar-refractivity contribution in [2.45, 2.75) is 32.9 Å². The van der Waals surface area contributed by atoms with Crippen molar-refractivity contribution in [2.24, 2.45) is 4.99 Å². The Morgan fingerprint density at radius 1 is 1.18 bits per heavy atom. The van der Waals surface area contributed by atoms with Crippen LogP contribution in [0.5, 0.6) is 5.75 Å². The summed E-state index contributed by atoms with van der Waals surface area (Å²) >= 11 is 7.54. The van der Waals surface area contributed by atoms with Crippen molar-refractivity contribution < 1.29 is 14.3 Å². The number of amides is 1. The monoisotopic (exact) mass is 416 g/mol. The van der Waals surface area contributed by atoms with Crippen LogP contribution in [-0.2, 0) is 4.79 Å². The van der Waals surface area contributed by atoms with Crippen molar-refractivity contribution in [2.75, 3.05) is 10.7 Å². The minimum atomic E-state index is -0.738. The van der Waals surface area contributed by atoms with Gasteiger partial charge >= 0.3 is 0 Å². The molecule has 2 aromatic carbocycles. The predicted octanol–water partition coefficient (Wildman–Crippen LogP) is 4.83. The molecule has 1 aliphatic heterocycles. The molecule has 0 saturated heterocycles. The highest BCUT2D eigenvalue weighted by atomic mass is 35.5. The van der Waals surface area contributed by atoms with E-state index in [9.17, 15) is 9.59 Å². The van der Waals surface area contributed by atoms with E-state index in [2.05, 4.69) is 4.99 Å². The third-order valence-corrected chi connectivity index (χ3v) is 5.65. The molecule has 7 heteroatoms. The summed E-state index contributed by atoms with van der Waals surface area (Å²) in [5.41, 5.74) is 1.29. The van der Waals surface area contributed by atoms with Crippen molar-refractivity contribution in [1.29, 1.82) is 0 Å². The van der Waals surface area contributed by atoms with Gasteiger partial charge in [-0.3, -0.25) is 19.5 Å². The van der Waals surface area contributed by atoms with Gasteiger partial charge in [0.25, 0.3) is 5.91 Å². The Morgan fingerprint density at radius 3 is 2.36 bits per heavy atom. The third-order valence-electron chi connectivity index (χ3n) is 4.20. The third kappa shape index (κ3) is 4.75. The highest BCUT2D eigenvalue weighted by Gasteiger charge is 2.30. The van der Waals surface area contributed by atoms with E-state index in [0.717, 1.165) is 5.75 Å². The molecule has 2 aromatic rings. The van der Waals surface area contributed by atoms with E-state index in [1.807, 2.05) is 6.92 Å². The number of Topliss-reactive ketones (excluding diaryl/α,β-unsaturated/α-hetero) is 1. The first kappa shape index (κ1) is 20.4. The van der Waals surface area contributed by atoms with E-state index in [4.69, 9.17) is 16.3 Å².